The number of nitrogens with one attached hydrogen (secondary N) is 1. The maximum Gasteiger partial charge on any atom is 0.490 e. The zero-order valence-corrected chi connectivity index (χ0v) is 19.3. The molecule has 0 radical (unpaired) electrons. The number of aliphatic carboxylic acids is 1. The van der Waals surface area contributed by atoms with E-state index in [2.05, 4.69) is 16.5 Å². The Labute approximate surface area is 195 Å². The van der Waals surface area contributed by atoms with Gasteiger partial charge in [-0.15, -0.1) is 0 Å². The van der Waals surface area contributed by atoms with Crippen LogP contribution >= 0.6 is 0 Å². The molecule has 0 unspecified atom stereocenters. The number of hydrogen-bond donors (Lipinski definition) is 3. The first-order valence-corrected chi connectivity index (χ1v) is 11.7. The second-order valence-electron chi connectivity index (χ2n) is 7.93. The minimum Gasteiger partial charge on any atom is -0.478 e. The number of halogens is 3. The van der Waals surface area contributed by atoms with E-state index < -0.39 is 28.1 Å². The topological polar surface area (TPSA) is 124 Å². The van der Waals surface area contributed by atoms with Crippen molar-refractivity contribution in [3.05, 3.63) is 53.6 Å². The van der Waals surface area contributed by atoms with Gasteiger partial charge in [-0.25, -0.2) is 18.0 Å². The molecule has 2 aromatic rings. The van der Waals surface area contributed by atoms with Crippen LogP contribution in [0.4, 0.5) is 24.5 Å². The Morgan fingerprint density at radius 3 is 2.03 bits per heavy atom. The molecule has 3 rings (SSSR count). The highest BCUT2D eigenvalue weighted by molar-refractivity contribution is 7.92. The summed E-state index contributed by atoms with van der Waals surface area (Å²) in [6, 6.07) is 11.1. The number of carbonyl (C=O) groups is 2. The van der Waals surface area contributed by atoms with Crippen LogP contribution < -0.4 is 9.62 Å². The van der Waals surface area contributed by atoms with E-state index in [0.29, 0.717) is 17.3 Å². The van der Waals surface area contributed by atoms with Crippen LogP contribution in [0.3, 0.4) is 0 Å². The summed E-state index contributed by atoms with van der Waals surface area (Å²) in [6.07, 6.45) is -3.05. The molecular weight excluding hydrogens is 477 g/mol. The number of benzene rings is 2. The summed E-state index contributed by atoms with van der Waals surface area (Å²) in [7, 11) is -3.81. The van der Waals surface area contributed by atoms with Gasteiger partial charge in [-0.3, -0.25) is 4.72 Å². The number of anilines is 2. The van der Waals surface area contributed by atoms with Crippen molar-refractivity contribution < 1.29 is 41.4 Å². The average Bonchev–Trinajstić information content (AvgIpc) is 2.74. The van der Waals surface area contributed by atoms with Crippen molar-refractivity contribution in [1.82, 2.24) is 0 Å². The lowest BCUT2D eigenvalue weighted by atomic mass is 9.98. The van der Waals surface area contributed by atoms with E-state index in [-0.39, 0.29) is 10.5 Å². The van der Waals surface area contributed by atoms with Crippen LogP contribution in [0.25, 0.3) is 0 Å². The van der Waals surface area contributed by atoms with Gasteiger partial charge in [-0.05, 0) is 56.0 Å². The Morgan fingerprint density at radius 1 is 1.03 bits per heavy atom. The van der Waals surface area contributed by atoms with E-state index in [1.807, 2.05) is 6.92 Å². The van der Waals surface area contributed by atoms with Gasteiger partial charge in [0, 0.05) is 13.1 Å². The van der Waals surface area contributed by atoms with Crippen molar-refractivity contribution in [3.63, 3.8) is 0 Å². The van der Waals surface area contributed by atoms with Crippen LogP contribution in [-0.2, 0) is 14.8 Å². The van der Waals surface area contributed by atoms with Gasteiger partial charge in [0.25, 0.3) is 10.0 Å². The average molecular weight is 503 g/mol. The van der Waals surface area contributed by atoms with Gasteiger partial charge in [0.15, 0.2) is 0 Å². The summed E-state index contributed by atoms with van der Waals surface area (Å²) >= 11 is 0. The molecule has 0 atom stereocenters. The van der Waals surface area contributed by atoms with Crippen LogP contribution in [-0.4, -0.2) is 49.8 Å². The van der Waals surface area contributed by atoms with Gasteiger partial charge in [-0.2, -0.15) is 13.2 Å². The number of carboxylic acid groups (broad SMARTS) is 2. The molecule has 2 aromatic carbocycles. The molecule has 3 N–H and O–H groups in total. The van der Waals surface area contributed by atoms with Crippen LogP contribution in [0.15, 0.2) is 47.4 Å². The molecule has 1 saturated heterocycles. The molecule has 0 spiro atoms. The quantitative estimate of drug-likeness (QED) is 0.555. The molecule has 1 aliphatic rings. The van der Waals surface area contributed by atoms with Crippen molar-refractivity contribution in [2.45, 2.75) is 37.8 Å². The van der Waals surface area contributed by atoms with E-state index in [9.17, 15) is 31.5 Å². The third-order valence-electron chi connectivity index (χ3n) is 5.19. The number of aryl methyl sites for hydroxylation is 1. The lowest BCUT2D eigenvalue weighted by Crippen LogP contribution is -2.33. The van der Waals surface area contributed by atoms with E-state index in [1.165, 1.54) is 12.1 Å². The van der Waals surface area contributed by atoms with E-state index in [4.69, 9.17) is 9.90 Å². The summed E-state index contributed by atoms with van der Waals surface area (Å²) in [6.45, 7) is 5.71. The number of carboxylic acids is 2. The molecule has 34 heavy (non-hydrogen) atoms. The van der Waals surface area contributed by atoms with Gasteiger partial charge in [0.05, 0.1) is 21.8 Å². The lowest BCUT2D eigenvalue weighted by Gasteiger charge is -2.33. The predicted molar refractivity (Wildman–Crippen MR) is 120 cm³/mol. The molecule has 0 aliphatic carbocycles. The smallest absolute Gasteiger partial charge is 0.478 e. The molecule has 8 nitrogen and oxygen atoms in total. The Kier molecular flexibility index (Phi) is 8.54. The molecule has 0 aromatic heterocycles. The number of hydrogen-bond acceptors (Lipinski definition) is 5. The highest BCUT2D eigenvalue weighted by Crippen LogP contribution is 2.32. The van der Waals surface area contributed by atoms with E-state index in [1.54, 1.807) is 30.3 Å². The second-order valence-corrected chi connectivity index (χ2v) is 9.61. The van der Waals surface area contributed by atoms with Crippen LogP contribution in [0.1, 0.15) is 35.7 Å². The fourth-order valence-electron chi connectivity index (χ4n) is 3.20. The van der Waals surface area contributed by atoms with Crippen molar-refractivity contribution in [2.75, 3.05) is 22.7 Å². The summed E-state index contributed by atoms with van der Waals surface area (Å²) in [5.41, 5.74) is 2.02. The zero-order valence-electron chi connectivity index (χ0n) is 18.5. The van der Waals surface area contributed by atoms with Crippen molar-refractivity contribution >= 4 is 33.3 Å². The zero-order chi connectivity index (χ0) is 25.7. The normalized spacial score (nSPS) is 14.7. The number of sulfonamides is 1. The highest BCUT2D eigenvalue weighted by atomic mass is 32.2. The van der Waals surface area contributed by atoms with Crippen LogP contribution in [0, 0.1) is 12.8 Å². The third-order valence-corrected chi connectivity index (χ3v) is 6.57. The number of rotatable bonds is 5. The van der Waals surface area contributed by atoms with E-state index in [0.717, 1.165) is 31.5 Å². The van der Waals surface area contributed by atoms with Crippen LogP contribution in [0.5, 0.6) is 0 Å². The van der Waals surface area contributed by atoms with Crippen molar-refractivity contribution in [2.24, 2.45) is 5.92 Å². The summed E-state index contributed by atoms with van der Waals surface area (Å²) in [4.78, 5) is 22.5. The summed E-state index contributed by atoms with van der Waals surface area (Å²) in [5, 5.41) is 16.4. The van der Waals surface area contributed by atoms with Gasteiger partial charge in [0.2, 0.25) is 0 Å². The van der Waals surface area contributed by atoms with E-state index >= 15 is 0 Å². The number of aromatic carboxylic acids is 1. The predicted octanol–water partition coefficient (Wildman–Crippen LogP) is 4.36. The third kappa shape index (κ3) is 7.37. The first-order valence-electron chi connectivity index (χ1n) is 10.2. The maximum absolute atomic E-state index is 12.8. The van der Waals surface area contributed by atoms with Gasteiger partial charge < -0.3 is 15.1 Å². The van der Waals surface area contributed by atoms with Crippen molar-refractivity contribution in [3.8, 4) is 0 Å². The molecule has 1 aliphatic heterocycles. The number of piperidine rings is 1. The molecule has 0 bridgehead atoms. The minimum atomic E-state index is -5.08. The van der Waals surface area contributed by atoms with Gasteiger partial charge >= 0.3 is 18.1 Å². The molecule has 1 heterocycles. The first-order chi connectivity index (χ1) is 15.7. The fraction of sp³-hybridized carbons (Fsp3) is 0.364. The Balaban J connectivity index is 0.000000509. The molecule has 12 heteroatoms. The SMILES string of the molecule is Cc1ccc(S(=O)(=O)Nc2cc(C(=O)O)ccc2N2CCC(C)CC2)cc1.O=C(O)C(F)(F)F. The number of nitrogens with zero attached hydrogens (tertiary/aromatic N) is 1. The molecule has 186 valence electrons. The molecule has 0 saturated carbocycles. The fourth-order valence-corrected chi connectivity index (χ4v) is 4.26. The number of alkyl halides is 3. The highest BCUT2D eigenvalue weighted by Gasteiger charge is 2.38. The molecule has 1 fully saturated rings. The Hall–Kier alpha value is -3.28. The van der Waals surface area contributed by atoms with Gasteiger partial charge in [-0.1, -0.05) is 24.6 Å². The second kappa shape index (κ2) is 10.8. The maximum atomic E-state index is 12.8. The largest absolute Gasteiger partial charge is 0.490 e. The minimum absolute atomic E-state index is 0.0470. The van der Waals surface area contributed by atoms with Gasteiger partial charge in [0.1, 0.15) is 0 Å². The lowest BCUT2D eigenvalue weighted by molar-refractivity contribution is -0.192. The monoisotopic (exact) mass is 502 g/mol. The van der Waals surface area contributed by atoms with Crippen molar-refractivity contribution in [1.29, 1.82) is 0 Å². The van der Waals surface area contributed by atoms with Crippen LogP contribution in [0.2, 0.25) is 0 Å². The Bertz CT molecular complexity index is 1130. The first kappa shape index (κ1) is 27.0. The molecule has 0 amide bonds. The standard InChI is InChI=1S/C20H24N2O4S.C2HF3O2/c1-14-3-6-17(7-4-14)27(25,26)21-18-13-16(20(23)24)5-8-19(18)22-11-9-15(2)10-12-22;3-2(4,5)1(6)7/h3-8,13,15,21H,9-12H2,1-2H3,(H,23,24);(H,6,7). The summed E-state index contributed by atoms with van der Waals surface area (Å²) in [5.74, 6) is -3.22. The molecular formula is C22H25F3N2O6S. The Morgan fingerprint density at radius 2 is 1.56 bits per heavy atom. The summed E-state index contributed by atoms with van der Waals surface area (Å²) < 4.78 is 59.9.